The first-order chi connectivity index (χ1) is 9.36. The smallest absolute Gasteiger partial charge is 0.255 e. The molecule has 0 saturated heterocycles. The minimum Gasteiger partial charge on any atom is -0.505 e. The van der Waals surface area contributed by atoms with E-state index >= 15 is 0 Å². The van der Waals surface area contributed by atoms with Crippen LogP contribution in [0.3, 0.4) is 0 Å². The van der Waals surface area contributed by atoms with Gasteiger partial charge in [-0.15, -0.1) is 0 Å². The minimum atomic E-state index is -0.379. The fourth-order valence-corrected chi connectivity index (χ4v) is 2.34. The average Bonchev–Trinajstić information content (AvgIpc) is 2.34. The monoisotopic (exact) mass is 330 g/mol. The number of carbonyl (C=O) groups is 1. The topological polar surface area (TPSA) is 62.2 Å². The Kier molecular flexibility index (Phi) is 4.38. The molecule has 1 aromatic carbocycles. The van der Waals surface area contributed by atoms with E-state index in [1.165, 1.54) is 18.2 Å². The Morgan fingerprint density at radius 2 is 1.75 bits per heavy atom. The highest BCUT2D eigenvalue weighted by molar-refractivity contribution is 6.37. The molecule has 2 aromatic rings. The molecule has 0 radical (unpaired) electrons. The Hall–Kier alpha value is -1.49. The molecule has 0 aliphatic rings. The van der Waals surface area contributed by atoms with E-state index in [1.807, 2.05) is 0 Å². The third kappa shape index (κ3) is 3.33. The van der Waals surface area contributed by atoms with Crippen molar-refractivity contribution in [1.29, 1.82) is 0 Å². The second kappa shape index (κ2) is 5.87. The van der Waals surface area contributed by atoms with Crippen LogP contribution in [0, 0.1) is 6.92 Å². The van der Waals surface area contributed by atoms with Gasteiger partial charge < -0.3 is 10.4 Å². The zero-order valence-corrected chi connectivity index (χ0v) is 12.5. The van der Waals surface area contributed by atoms with E-state index < -0.39 is 0 Å². The number of nitrogens with one attached hydrogen (secondary N) is 1. The van der Waals surface area contributed by atoms with E-state index in [0.29, 0.717) is 16.9 Å². The van der Waals surface area contributed by atoms with Crippen molar-refractivity contribution in [2.45, 2.75) is 6.92 Å². The number of nitrogens with zero attached hydrogens (tertiary/aromatic N) is 1. The van der Waals surface area contributed by atoms with Crippen LogP contribution in [0.1, 0.15) is 16.1 Å². The van der Waals surface area contributed by atoms with Crippen LogP contribution in [0.2, 0.25) is 15.2 Å². The maximum absolute atomic E-state index is 12.1. The molecular formula is C13H9Cl3N2O2. The molecule has 0 aliphatic heterocycles. The molecule has 4 nitrogen and oxygen atoms in total. The van der Waals surface area contributed by atoms with Gasteiger partial charge >= 0.3 is 0 Å². The molecule has 7 heteroatoms. The molecule has 1 amide bonds. The molecule has 20 heavy (non-hydrogen) atoms. The highest BCUT2D eigenvalue weighted by Crippen LogP contribution is 2.34. The van der Waals surface area contributed by atoms with Gasteiger partial charge in [0.2, 0.25) is 0 Å². The van der Waals surface area contributed by atoms with Crippen molar-refractivity contribution in [3.05, 3.63) is 50.7 Å². The maximum atomic E-state index is 12.1. The Morgan fingerprint density at radius 1 is 1.15 bits per heavy atom. The molecule has 2 N–H and O–H groups in total. The van der Waals surface area contributed by atoms with Crippen molar-refractivity contribution >= 4 is 46.4 Å². The maximum Gasteiger partial charge on any atom is 0.255 e. The van der Waals surface area contributed by atoms with Crippen LogP contribution in [-0.4, -0.2) is 16.0 Å². The van der Waals surface area contributed by atoms with Gasteiger partial charge in [-0.05, 0) is 31.2 Å². The summed E-state index contributed by atoms with van der Waals surface area (Å²) in [5, 5.41) is 12.4. The van der Waals surface area contributed by atoms with Gasteiger partial charge in [0.15, 0.2) is 5.75 Å². The predicted octanol–water partition coefficient (Wildman–Crippen LogP) is 4.31. The lowest BCUT2D eigenvalue weighted by molar-refractivity contribution is 0.102. The summed E-state index contributed by atoms with van der Waals surface area (Å²) in [5.41, 5.74) is 1.36. The number of pyridine rings is 1. The molecule has 2 rings (SSSR count). The minimum absolute atomic E-state index is 0.0525. The lowest BCUT2D eigenvalue weighted by Crippen LogP contribution is -2.12. The number of halogens is 3. The van der Waals surface area contributed by atoms with Crippen molar-refractivity contribution in [3.63, 3.8) is 0 Å². The molecule has 104 valence electrons. The van der Waals surface area contributed by atoms with Gasteiger partial charge in [0.25, 0.3) is 5.91 Å². The van der Waals surface area contributed by atoms with Gasteiger partial charge in [-0.3, -0.25) is 4.79 Å². The molecule has 0 unspecified atom stereocenters. The second-order valence-electron chi connectivity index (χ2n) is 4.06. The molecule has 0 aliphatic carbocycles. The Labute approximate surface area is 130 Å². The van der Waals surface area contributed by atoms with E-state index in [2.05, 4.69) is 10.3 Å². The number of carbonyl (C=O) groups excluding carboxylic acids is 1. The van der Waals surface area contributed by atoms with Gasteiger partial charge in [0, 0.05) is 16.9 Å². The molecule has 1 heterocycles. The van der Waals surface area contributed by atoms with Gasteiger partial charge in [-0.2, -0.15) is 0 Å². The summed E-state index contributed by atoms with van der Waals surface area (Å²) in [7, 11) is 0. The summed E-state index contributed by atoms with van der Waals surface area (Å²) in [5.74, 6) is -0.607. The SMILES string of the molecule is Cc1cc(C(=O)Nc2cc(Cl)c(O)c(Cl)c2)cc(Cl)n1. The first-order valence-corrected chi connectivity index (χ1v) is 6.64. The van der Waals surface area contributed by atoms with E-state index in [4.69, 9.17) is 34.8 Å². The molecule has 0 spiro atoms. The molecule has 0 saturated carbocycles. The van der Waals surface area contributed by atoms with Crippen molar-refractivity contribution in [2.75, 3.05) is 5.32 Å². The first kappa shape index (κ1) is 14.9. The van der Waals surface area contributed by atoms with Crippen LogP contribution in [0.15, 0.2) is 24.3 Å². The summed E-state index contributed by atoms with van der Waals surface area (Å²) in [6.45, 7) is 1.73. The molecule has 1 aromatic heterocycles. The number of aryl methyl sites for hydroxylation is 1. The standard InChI is InChI=1S/C13H9Cl3N2O2/c1-6-2-7(3-11(16)17-6)13(20)18-8-4-9(14)12(19)10(15)5-8/h2-5,19H,1H3,(H,18,20). The number of rotatable bonds is 2. The number of aromatic nitrogens is 1. The van der Waals surface area contributed by atoms with Crippen LogP contribution in [-0.2, 0) is 0 Å². The second-order valence-corrected chi connectivity index (χ2v) is 5.26. The van der Waals surface area contributed by atoms with Gasteiger partial charge in [-0.25, -0.2) is 4.98 Å². The summed E-state index contributed by atoms with van der Waals surface area (Å²) < 4.78 is 0. The van der Waals surface area contributed by atoms with Gasteiger partial charge in [-0.1, -0.05) is 34.8 Å². The van der Waals surface area contributed by atoms with Crippen LogP contribution in [0.25, 0.3) is 0 Å². The zero-order chi connectivity index (χ0) is 14.9. The largest absolute Gasteiger partial charge is 0.505 e. The molecule has 0 atom stereocenters. The normalized spacial score (nSPS) is 10.4. The third-order valence-electron chi connectivity index (χ3n) is 2.46. The number of benzene rings is 1. The summed E-state index contributed by atoms with van der Waals surface area (Å²) in [6.07, 6.45) is 0. The van der Waals surface area contributed by atoms with Gasteiger partial charge in [0.1, 0.15) is 5.15 Å². The van der Waals surface area contributed by atoms with Crippen LogP contribution >= 0.6 is 34.8 Å². The van der Waals surface area contributed by atoms with Crippen molar-refractivity contribution in [2.24, 2.45) is 0 Å². The fraction of sp³-hybridized carbons (Fsp3) is 0.0769. The van der Waals surface area contributed by atoms with Crippen molar-refractivity contribution < 1.29 is 9.90 Å². The van der Waals surface area contributed by atoms with Crippen molar-refractivity contribution in [1.82, 2.24) is 4.98 Å². The summed E-state index contributed by atoms with van der Waals surface area (Å²) >= 11 is 17.4. The molecular weight excluding hydrogens is 323 g/mol. The van der Waals surface area contributed by atoms with Crippen molar-refractivity contribution in [3.8, 4) is 5.75 Å². The summed E-state index contributed by atoms with van der Waals surface area (Å²) in [4.78, 5) is 16.1. The van der Waals surface area contributed by atoms with Gasteiger partial charge in [0.05, 0.1) is 10.0 Å². The zero-order valence-electron chi connectivity index (χ0n) is 10.2. The lowest BCUT2D eigenvalue weighted by atomic mass is 10.2. The first-order valence-electron chi connectivity index (χ1n) is 5.50. The van der Waals surface area contributed by atoms with E-state index in [0.717, 1.165) is 0 Å². The Bertz CT molecular complexity index is 646. The van der Waals surface area contributed by atoms with Crippen LogP contribution < -0.4 is 5.32 Å². The number of anilines is 1. The van der Waals surface area contributed by atoms with Crippen LogP contribution in [0.5, 0.6) is 5.75 Å². The van der Waals surface area contributed by atoms with E-state index in [1.54, 1.807) is 13.0 Å². The number of hydrogen-bond acceptors (Lipinski definition) is 3. The van der Waals surface area contributed by atoms with E-state index in [9.17, 15) is 9.90 Å². The number of phenolic OH excluding ortho intramolecular Hbond substituents is 1. The lowest BCUT2D eigenvalue weighted by Gasteiger charge is -2.08. The highest BCUT2D eigenvalue weighted by Gasteiger charge is 2.11. The third-order valence-corrected chi connectivity index (χ3v) is 3.23. The number of phenols is 1. The molecule has 0 fully saturated rings. The van der Waals surface area contributed by atoms with Crippen LogP contribution in [0.4, 0.5) is 5.69 Å². The summed E-state index contributed by atoms with van der Waals surface area (Å²) in [6, 6.07) is 5.85. The number of amides is 1. The predicted molar refractivity (Wildman–Crippen MR) is 80.1 cm³/mol. The Morgan fingerprint density at radius 3 is 2.30 bits per heavy atom. The molecule has 0 bridgehead atoms. The number of aromatic hydroxyl groups is 1. The highest BCUT2D eigenvalue weighted by atomic mass is 35.5. The Balaban J connectivity index is 2.28. The van der Waals surface area contributed by atoms with E-state index in [-0.39, 0.29) is 26.9 Å². The quantitative estimate of drug-likeness (QED) is 0.637. The number of hydrogen-bond donors (Lipinski definition) is 2. The fourth-order valence-electron chi connectivity index (χ4n) is 1.60. The average molecular weight is 332 g/mol.